The number of phenols is 2. The van der Waals surface area contributed by atoms with Gasteiger partial charge in [0.15, 0.2) is 10.0 Å². The lowest BCUT2D eigenvalue weighted by molar-refractivity contribution is 0.305. The van der Waals surface area contributed by atoms with Crippen molar-refractivity contribution in [3.05, 3.63) is 52.5 Å². The van der Waals surface area contributed by atoms with Gasteiger partial charge in [0.25, 0.3) is 0 Å². The van der Waals surface area contributed by atoms with E-state index in [2.05, 4.69) is 10.2 Å². The summed E-state index contributed by atoms with van der Waals surface area (Å²) < 4.78 is 5.59. The summed E-state index contributed by atoms with van der Waals surface area (Å²) in [5, 5.41) is 28.9. The van der Waals surface area contributed by atoms with Crippen molar-refractivity contribution in [3.8, 4) is 27.8 Å². The first-order valence-electron chi connectivity index (χ1n) is 6.35. The highest BCUT2D eigenvalue weighted by molar-refractivity contribution is 7.14. The quantitative estimate of drug-likeness (QED) is 0.758. The molecule has 112 valence electrons. The molecule has 0 radical (unpaired) electrons. The molecule has 22 heavy (non-hydrogen) atoms. The molecule has 7 heteroatoms. The maximum atomic E-state index is 9.83. The second kappa shape index (κ2) is 6.21. The minimum Gasteiger partial charge on any atom is -0.508 e. The summed E-state index contributed by atoms with van der Waals surface area (Å²) in [6.07, 6.45) is 0. The van der Waals surface area contributed by atoms with Gasteiger partial charge in [-0.15, -0.1) is 10.2 Å². The van der Waals surface area contributed by atoms with Crippen LogP contribution in [0.1, 0.15) is 5.01 Å². The molecule has 0 amide bonds. The molecule has 0 fully saturated rings. The summed E-state index contributed by atoms with van der Waals surface area (Å²) in [7, 11) is 0. The third-order valence-corrected chi connectivity index (χ3v) is 4.11. The number of phenolic OH excluding ortho intramolecular Hbond substituents is 2. The molecule has 0 aliphatic heterocycles. The van der Waals surface area contributed by atoms with Crippen LogP contribution < -0.4 is 4.74 Å². The van der Waals surface area contributed by atoms with E-state index in [0.717, 1.165) is 0 Å². The first-order valence-corrected chi connectivity index (χ1v) is 7.55. The SMILES string of the molecule is Oc1ccc(-c2nnc(COc3ccccc3Cl)s2)c(O)c1. The van der Waals surface area contributed by atoms with E-state index < -0.39 is 0 Å². The molecule has 3 aromatic rings. The van der Waals surface area contributed by atoms with Crippen molar-refractivity contribution in [1.29, 1.82) is 0 Å². The molecule has 0 saturated heterocycles. The van der Waals surface area contributed by atoms with Gasteiger partial charge in [-0.05, 0) is 24.3 Å². The van der Waals surface area contributed by atoms with Gasteiger partial charge in [-0.25, -0.2) is 0 Å². The monoisotopic (exact) mass is 334 g/mol. The second-order valence-corrected chi connectivity index (χ2v) is 5.89. The van der Waals surface area contributed by atoms with Gasteiger partial charge in [0, 0.05) is 6.07 Å². The molecule has 3 rings (SSSR count). The number of halogens is 1. The van der Waals surface area contributed by atoms with Crippen molar-refractivity contribution < 1.29 is 14.9 Å². The first-order chi connectivity index (χ1) is 10.6. The van der Waals surface area contributed by atoms with Crippen molar-refractivity contribution in [2.45, 2.75) is 6.61 Å². The molecular formula is C15H11ClN2O3S. The van der Waals surface area contributed by atoms with E-state index in [9.17, 15) is 10.2 Å². The van der Waals surface area contributed by atoms with E-state index in [1.54, 1.807) is 18.2 Å². The van der Waals surface area contributed by atoms with Gasteiger partial charge in [-0.2, -0.15) is 0 Å². The third kappa shape index (κ3) is 3.13. The van der Waals surface area contributed by atoms with Crippen LogP contribution in [0.2, 0.25) is 5.02 Å². The molecular weight excluding hydrogens is 324 g/mol. The van der Waals surface area contributed by atoms with Crippen molar-refractivity contribution >= 4 is 22.9 Å². The summed E-state index contributed by atoms with van der Waals surface area (Å²) >= 11 is 7.31. The Morgan fingerprint density at radius 3 is 2.68 bits per heavy atom. The van der Waals surface area contributed by atoms with E-state index in [-0.39, 0.29) is 18.1 Å². The van der Waals surface area contributed by atoms with Crippen molar-refractivity contribution in [1.82, 2.24) is 10.2 Å². The van der Waals surface area contributed by atoms with E-state index in [1.807, 2.05) is 12.1 Å². The molecule has 1 heterocycles. The molecule has 0 bridgehead atoms. The molecule has 0 unspecified atom stereocenters. The third-order valence-electron chi connectivity index (χ3n) is 2.87. The Hall–Kier alpha value is -2.31. The Kier molecular flexibility index (Phi) is 4.13. The lowest BCUT2D eigenvalue weighted by atomic mass is 10.2. The first kappa shape index (κ1) is 14.6. The largest absolute Gasteiger partial charge is 0.508 e. The molecule has 2 aromatic carbocycles. The smallest absolute Gasteiger partial charge is 0.155 e. The van der Waals surface area contributed by atoms with Gasteiger partial charge in [0.2, 0.25) is 0 Å². The molecule has 1 aromatic heterocycles. The fraction of sp³-hybridized carbons (Fsp3) is 0.0667. The average Bonchev–Trinajstić information content (AvgIpc) is 2.95. The number of para-hydroxylation sites is 1. The highest BCUT2D eigenvalue weighted by Crippen LogP contribution is 2.34. The number of benzene rings is 2. The molecule has 0 spiro atoms. The van der Waals surface area contributed by atoms with Crippen molar-refractivity contribution in [2.75, 3.05) is 0 Å². The zero-order valence-corrected chi connectivity index (χ0v) is 12.8. The number of ether oxygens (including phenoxy) is 1. The Bertz CT molecular complexity index is 807. The van der Waals surface area contributed by atoms with Crippen LogP contribution in [-0.2, 0) is 6.61 Å². The van der Waals surface area contributed by atoms with Gasteiger partial charge in [-0.3, -0.25) is 0 Å². The maximum Gasteiger partial charge on any atom is 0.155 e. The maximum absolute atomic E-state index is 9.83. The van der Waals surface area contributed by atoms with Gasteiger partial charge in [0.05, 0.1) is 10.6 Å². The zero-order chi connectivity index (χ0) is 15.5. The summed E-state index contributed by atoms with van der Waals surface area (Å²) in [6, 6.07) is 11.5. The van der Waals surface area contributed by atoms with E-state index in [4.69, 9.17) is 16.3 Å². The summed E-state index contributed by atoms with van der Waals surface area (Å²) in [5.41, 5.74) is 0.513. The lowest BCUT2D eigenvalue weighted by Crippen LogP contribution is -1.95. The highest BCUT2D eigenvalue weighted by Gasteiger charge is 2.12. The summed E-state index contributed by atoms with van der Waals surface area (Å²) in [5.74, 6) is 0.524. The molecule has 0 atom stereocenters. The Morgan fingerprint density at radius 2 is 1.91 bits per heavy atom. The zero-order valence-electron chi connectivity index (χ0n) is 11.2. The number of nitrogens with zero attached hydrogens (tertiary/aromatic N) is 2. The minimum absolute atomic E-state index is 0.00644. The average molecular weight is 335 g/mol. The standard InChI is InChI=1S/C15H11ClN2O3S/c16-11-3-1-2-4-13(11)21-8-14-17-18-15(22-14)10-6-5-9(19)7-12(10)20/h1-7,19-20H,8H2. The van der Waals surface area contributed by atoms with Gasteiger partial charge in [-0.1, -0.05) is 35.1 Å². The van der Waals surface area contributed by atoms with Crippen LogP contribution in [0.15, 0.2) is 42.5 Å². The minimum atomic E-state index is -0.0466. The predicted molar refractivity (Wildman–Crippen MR) is 84.5 cm³/mol. The molecule has 5 nitrogen and oxygen atoms in total. The van der Waals surface area contributed by atoms with E-state index in [0.29, 0.717) is 26.4 Å². The van der Waals surface area contributed by atoms with E-state index >= 15 is 0 Å². The normalized spacial score (nSPS) is 10.6. The van der Waals surface area contributed by atoms with Crippen LogP contribution in [0.3, 0.4) is 0 Å². The number of aromatic hydroxyl groups is 2. The number of aromatic nitrogens is 2. The molecule has 2 N–H and O–H groups in total. The summed E-state index contributed by atoms with van der Waals surface area (Å²) in [6.45, 7) is 0.236. The molecule has 0 aliphatic rings. The van der Waals surface area contributed by atoms with Crippen LogP contribution in [0, 0.1) is 0 Å². The van der Waals surface area contributed by atoms with Crippen LogP contribution in [0.4, 0.5) is 0 Å². The van der Waals surface area contributed by atoms with Gasteiger partial charge >= 0.3 is 0 Å². The van der Waals surface area contributed by atoms with Crippen LogP contribution in [-0.4, -0.2) is 20.4 Å². The van der Waals surface area contributed by atoms with Gasteiger partial charge in [0.1, 0.15) is 23.9 Å². The second-order valence-electron chi connectivity index (χ2n) is 4.42. The fourth-order valence-corrected chi connectivity index (χ4v) is 2.80. The van der Waals surface area contributed by atoms with Crippen molar-refractivity contribution in [3.63, 3.8) is 0 Å². The Morgan fingerprint density at radius 1 is 1.09 bits per heavy atom. The topological polar surface area (TPSA) is 75.5 Å². The molecule has 0 saturated carbocycles. The lowest BCUT2D eigenvalue weighted by Gasteiger charge is -2.04. The highest BCUT2D eigenvalue weighted by atomic mass is 35.5. The fourth-order valence-electron chi connectivity index (χ4n) is 1.82. The van der Waals surface area contributed by atoms with Crippen LogP contribution >= 0.6 is 22.9 Å². The molecule has 0 aliphatic carbocycles. The summed E-state index contributed by atoms with van der Waals surface area (Å²) in [4.78, 5) is 0. The van der Waals surface area contributed by atoms with Crippen molar-refractivity contribution in [2.24, 2.45) is 0 Å². The van der Waals surface area contributed by atoms with Crippen LogP contribution in [0.25, 0.3) is 10.6 Å². The van der Waals surface area contributed by atoms with Gasteiger partial charge < -0.3 is 14.9 Å². The van der Waals surface area contributed by atoms with Crippen LogP contribution in [0.5, 0.6) is 17.2 Å². The number of rotatable bonds is 4. The number of hydrogen-bond donors (Lipinski definition) is 2. The number of hydrogen-bond acceptors (Lipinski definition) is 6. The Labute approximate surface area is 135 Å². The Balaban J connectivity index is 1.75. The predicted octanol–water partition coefficient (Wildman–Crippen LogP) is 3.85. The van der Waals surface area contributed by atoms with E-state index in [1.165, 1.54) is 23.5 Å².